The zero-order chi connectivity index (χ0) is 14.3. The number of benzene rings is 1. The molecule has 0 aliphatic rings. The van der Waals surface area contributed by atoms with Crippen molar-refractivity contribution in [3.8, 4) is 0 Å². The van der Waals surface area contributed by atoms with Crippen LogP contribution in [0, 0.1) is 0 Å². The molecule has 0 spiro atoms. The molecule has 0 aromatic heterocycles. The van der Waals surface area contributed by atoms with Crippen LogP contribution in [0.3, 0.4) is 0 Å². The van der Waals surface area contributed by atoms with E-state index in [1.165, 1.54) is 0 Å². The zero-order valence-corrected chi connectivity index (χ0v) is 11.9. The van der Waals surface area contributed by atoms with Gasteiger partial charge in [-0.15, -0.1) is 0 Å². The third-order valence-corrected chi connectivity index (χ3v) is 2.89. The Balaban J connectivity index is 2.59. The van der Waals surface area contributed by atoms with Gasteiger partial charge in [0.2, 0.25) is 15.9 Å². The predicted octanol–water partition coefficient (Wildman–Crippen LogP) is 0.996. The normalized spacial score (nSPS) is 11.1. The van der Waals surface area contributed by atoms with Crippen molar-refractivity contribution in [3.05, 3.63) is 24.3 Å². The summed E-state index contributed by atoms with van der Waals surface area (Å²) in [6.45, 7) is 0.781. The highest BCUT2D eigenvalue weighted by Crippen LogP contribution is 2.16. The molecule has 0 unspecified atom stereocenters. The molecule has 19 heavy (non-hydrogen) atoms. The van der Waals surface area contributed by atoms with Crippen LogP contribution in [0.2, 0.25) is 0 Å². The van der Waals surface area contributed by atoms with Crippen LogP contribution >= 0.6 is 0 Å². The topological polar surface area (TPSA) is 87.3 Å². The van der Waals surface area contributed by atoms with E-state index in [9.17, 15) is 13.2 Å². The minimum absolute atomic E-state index is 0.0910. The standard InChI is InChI=1S/C12H19N3O3S/c1-13-8-4-7-12(16)14-10-5-3-6-11(9-10)15-19(2,17)18/h3,5-6,9,13,15H,4,7-8H2,1-2H3,(H,14,16). The molecular formula is C12H19N3O3S. The van der Waals surface area contributed by atoms with Gasteiger partial charge in [0.25, 0.3) is 0 Å². The molecule has 7 heteroatoms. The van der Waals surface area contributed by atoms with Gasteiger partial charge in [-0.2, -0.15) is 0 Å². The Morgan fingerprint density at radius 3 is 2.58 bits per heavy atom. The van der Waals surface area contributed by atoms with Crippen molar-refractivity contribution in [3.63, 3.8) is 0 Å². The number of rotatable bonds is 7. The number of hydrogen-bond donors (Lipinski definition) is 3. The quantitative estimate of drug-likeness (QED) is 0.652. The highest BCUT2D eigenvalue weighted by Gasteiger charge is 2.05. The fourth-order valence-corrected chi connectivity index (χ4v) is 2.08. The lowest BCUT2D eigenvalue weighted by Crippen LogP contribution is -2.15. The first-order valence-electron chi connectivity index (χ1n) is 5.93. The second-order valence-electron chi connectivity index (χ2n) is 4.21. The lowest BCUT2D eigenvalue weighted by Gasteiger charge is -2.08. The maximum Gasteiger partial charge on any atom is 0.229 e. The Morgan fingerprint density at radius 1 is 1.26 bits per heavy atom. The summed E-state index contributed by atoms with van der Waals surface area (Å²) in [5.41, 5.74) is 0.999. The van der Waals surface area contributed by atoms with E-state index in [1.807, 2.05) is 7.05 Å². The number of nitrogens with one attached hydrogen (secondary N) is 3. The SMILES string of the molecule is CNCCCC(=O)Nc1cccc(NS(C)(=O)=O)c1. The van der Waals surface area contributed by atoms with Gasteiger partial charge in [-0.25, -0.2) is 8.42 Å². The average molecular weight is 285 g/mol. The van der Waals surface area contributed by atoms with Crippen molar-refractivity contribution in [2.45, 2.75) is 12.8 Å². The summed E-state index contributed by atoms with van der Waals surface area (Å²) in [7, 11) is -1.48. The summed E-state index contributed by atoms with van der Waals surface area (Å²) >= 11 is 0. The molecule has 1 rings (SSSR count). The first-order chi connectivity index (χ1) is 8.90. The van der Waals surface area contributed by atoms with Gasteiger partial charge in [-0.3, -0.25) is 9.52 Å². The van der Waals surface area contributed by atoms with Crippen LogP contribution in [0.1, 0.15) is 12.8 Å². The van der Waals surface area contributed by atoms with Gasteiger partial charge >= 0.3 is 0 Å². The Hall–Kier alpha value is -1.60. The Morgan fingerprint density at radius 2 is 1.95 bits per heavy atom. The second-order valence-corrected chi connectivity index (χ2v) is 5.96. The van der Waals surface area contributed by atoms with E-state index in [0.29, 0.717) is 17.8 Å². The van der Waals surface area contributed by atoms with E-state index in [-0.39, 0.29) is 5.91 Å². The van der Waals surface area contributed by atoms with Gasteiger partial charge in [0.15, 0.2) is 0 Å². The zero-order valence-electron chi connectivity index (χ0n) is 11.1. The van der Waals surface area contributed by atoms with E-state index in [1.54, 1.807) is 24.3 Å². The van der Waals surface area contributed by atoms with Crippen molar-refractivity contribution in [2.24, 2.45) is 0 Å². The van der Waals surface area contributed by atoms with E-state index in [0.717, 1.165) is 19.2 Å². The Kier molecular flexibility index (Phi) is 5.78. The molecule has 0 radical (unpaired) electrons. The van der Waals surface area contributed by atoms with Crippen LogP contribution < -0.4 is 15.4 Å². The van der Waals surface area contributed by atoms with Gasteiger partial charge in [-0.05, 0) is 38.2 Å². The van der Waals surface area contributed by atoms with Gasteiger partial charge in [-0.1, -0.05) is 6.07 Å². The minimum Gasteiger partial charge on any atom is -0.326 e. The lowest BCUT2D eigenvalue weighted by atomic mass is 10.2. The fourth-order valence-electron chi connectivity index (χ4n) is 1.52. The number of amides is 1. The van der Waals surface area contributed by atoms with Crippen molar-refractivity contribution in [1.29, 1.82) is 0 Å². The highest BCUT2D eigenvalue weighted by atomic mass is 32.2. The summed E-state index contributed by atoms with van der Waals surface area (Å²) in [6.07, 6.45) is 2.25. The van der Waals surface area contributed by atoms with Crippen LogP contribution in [0.15, 0.2) is 24.3 Å². The van der Waals surface area contributed by atoms with Crippen molar-refractivity contribution in [2.75, 3.05) is 29.9 Å². The molecule has 0 saturated heterocycles. The molecule has 0 aliphatic carbocycles. The van der Waals surface area contributed by atoms with E-state index in [4.69, 9.17) is 0 Å². The van der Waals surface area contributed by atoms with Crippen LogP contribution in [-0.4, -0.2) is 34.2 Å². The Labute approximate surface area is 113 Å². The molecule has 1 aromatic carbocycles. The van der Waals surface area contributed by atoms with Gasteiger partial charge < -0.3 is 10.6 Å². The average Bonchev–Trinajstić information content (AvgIpc) is 2.27. The number of anilines is 2. The first kappa shape index (κ1) is 15.5. The molecule has 0 aliphatic heterocycles. The van der Waals surface area contributed by atoms with Crippen molar-refractivity contribution in [1.82, 2.24) is 5.32 Å². The molecule has 106 valence electrons. The number of hydrogen-bond acceptors (Lipinski definition) is 4. The third kappa shape index (κ3) is 6.78. The number of carbonyl (C=O) groups excluding carboxylic acids is 1. The van der Waals surface area contributed by atoms with E-state index < -0.39 is 10.0 Å². The maximum atomic E-state index is 11.6. The number of carbonyl (C=O) groups is 1. The molecule has 0 saturated carbocycles. The van der Waals surface area contributed by atoms with E-state index in [2.05, 4.69) is 15.4 Å². The van der Waals surface area contributed by atoms with Crippen molar-refractivity contribution >= 4 is 27.3 Å². The van der Waals surface area contributed by atoms with Gasteiger partial charge in [0.1, 0.15) is 0 Å². The molecular weight excluding hydrogens is 266 g/mol. The predicted molar refractivity (Wildman–Crippen MR) is 76.7 cm³/mol. The van der Waals surface area contributed by atoms with Gasteiger partial charge in [0, 0.05) is 12.1 Å². The Bertz CT molecular complexity index is 529. The molecule has 0 heterocycles. The van der Waals surface area contributed by atoms with Crippen LogP contribution in [0.5, 0.6) is 0 Å². The highest BCUT2D eigenvalue weighted by molar-refractivity contribution is 7.92. The summed E-state index contributed by atoms with van der Waals surface area (Å²) in [4.78, 5) is 11.6. The molecule has 0 bridgehead atoms. The summed E-state index contributed by atoms with van der Waals surface area (Å²) in [5.74, 6) is -0.0910. The molecule has 3 N–H and O–H groups in total. The van der Waals surface area contributed by atoms with Crippen LogP contribution in [0.4, 0.5) is 11.4 Å². The molecule has 1 amide bonds. The minimum atomic E-state index is -3.31. The first-order valence-corrected chi connectivity index (χ1v) is 7.82. The largest absolute Gasteiger partial charge is 0.326 e. The smallest absolute Gasteiger partial charge is 0.229 e. The molecule has 0 fully saturated rings. The monoisotopic (exact) mass is 285 g/mol. The van der Waals surface area contributed by atoms with Gasteiger partial charge in [0.05, 0.1) is 11.9 Å². The van der Waals surface area contributed by atoms with E-state index >= 15 is 0 Å². The summed E-state index contributed by atoms with van der Waals surface area (Å²) < 4.78 is 24.6. The lowest BCUT2D eigenvalue weighted by molar-refractivity contribution is -0.116. The number of sulfonamides is 1. The summed E-state index contributed by atoms with van der Waals surface area (Å²) in [5, 5.41) is 5.69. The molecule has 1 aromatic rings. The summed E-state index contributed by atoms with van der Waals surface area (Å²) in [6, 6.07) is 6.59. The molecule has 6 nitrogen and oxygen atoms in total. The third-order valence-electron chi connectivity index (χ3n) is 2.28. The second kappa shape index (κ2) is 7.10. The fraction of sp³-hybridized carbons (Fsp3) is 0.417. The van der Waals surface area contributed by atoms with Crippen molar-refractivity contribution < 1.29 is 13.2 Å². The van der Waals surface area contributed by atoms with Crippen LogP contribution in [0.25, 0.3) is 0 Å². The molecule has 0 atom stereocenters. The maximum absolute atomic E-state index is 11.6. The van der Waals surface area contributed by atoms with Crippen LogP contribution in [-0.2, 0) is 14.8 Å².